The van der Waals surface area contributed by atoms with E-state index in [1.54, 1.807) is 10.9 Å². The lowest BCUT2D eigenvalue weighted by atomic mass is 10.2. The summed E-state index contributed by atoms with van der Waals surface area (Å²) in [5.41, 5.74) is 3.19. The molecule has 0 radical (unpaired) electrons. The molecule has 0 aliphatic carbocycles. The molecule has 128 valence electrons. The second-order valence-electron chi connectivity index (χ2n) is 5.78. The first-order chi connectivity index (χ1) is 12.2. The zero-order chi connectivity index (χ0) is 17.6. The normalized spacial score (nSPS) is 11.0. The van der Waals surface area contributed by atoms with Crippen molar-refractivity contribution in [3.05, 3.63) is 66.5 Å². The number of anilines is 1. The topological polar surface area (TPSA) is 42.6 Å². The molecule has 0 spiro atoms. The minimum atomic E-state index is 0.658. The maximum absolute atomic E-state index is 5.48. The van der Waals surface area contributed by atoms with Gasteiger partial charge >= 0.3 is 0 Å². The van der Waals surface area contributed by atoms with Gasteiger partial charge in [-0.05, 0) is 48.9 Å². The standard InChI is InChI=1S/C20H22N4O/c1-4-25-19-11-7-17(8-12-19)20-21-13-14-24(20)22-15-16-5-9-18(10-6-16)23(2)3/h5-15H,4H2,1-3H3. The van der Waals surface area contributed by atoms with E-state index >= 15 is 0 Å². The van der Waals surface area contributed by atoms with Crippen LogP contribution in [0.2, 0.25) is 0 Å². The average Bonchev–Trinajstić information content (AvgIpc) is 3.10. The number of nitrogens with zero attached hydrogens (tertiary/aromatic N) is 4. The van der Waals surface area contributed by atoms with Crippen LogP contribution in [-0.2, 0) is 0 Å². The van der Waals surface area contributed by atoms with Crippen LogP contribution in [0.4, 0.5) is 5.69 Å². The number of ether oxygens (including phenoxy) is 1. The van der Waals surface area contributed by atoms with Crippen LogP contribution < -0.4 is 9.64 Å². The van der Waals surface area contributed by atoms with Gasteiger partial charge in [-0.25, -0.2) is 9.66 Å². The van der Waals surface area contributed by atoms with Crippen LogP contribution in [0.5, 0.6) is 5.75 Å². The van der Waals surface area contributed by atoms with Crippen LogP contribution >= 0.6 is 0 Å². The SMILES string of the molecule is CCOc1ccc(-c2nccn2N=Cc2ccc(N(C)C)cc2)cc1. The predicted octanol–water partition coefficient (Wildman–Crippen LogP) is 3.90. The Morgan fingerprint density at radius 3 is 2.44 bits per heavy atom. The fourth-order valence-corrected chi connectivity index (χ4v) is 2.45. The van der Waals surface area contributed by atoms with Gasteiger partial charge in [-0.1, -0.05) is 12.1 Å². The van der Waals surface area contributed by atoms with E-state index in [1.165, 1.54) is 0 Å². The molecule has 0 aliphatic heterocycles. The van der Waals surface area contributed by atoms with Crippen LogP contribution in [0, 0.1) is 0 Å². The minimum absolute atomic E-state index is 0.658. The molecule has 3 aromatic rings. The van der Waals surface area contributed by atoms with E-state index in [0.29, 0.717) is 6.61 Å². The lowest BCUT2D eigenvalue weighted by Crippen LogP contribution is -2.08. The maximum Gasteiger partial charge on any atom is 0.160 e. The van der Waals surface area contributed by atoms with Gasteiger partial charge in [0.15, 0.2) is 5.82 Å². The molecule has 5 heteroatoms. The Morgan fingerprint density at radius 2 is 1.80 bits per heavy atom. The first kappa shape index (κ1) is 16.8. The second-order valence-corrected chi connectivity index (χ2v) is 5.78. The van der Waals surface area contributed by atoms with Gasteiger partial charge in [0.05, 0.1) is 12.8 Å². The molecule has 25 heavy (non-hydrogen) atoms. The predicted molar refractivity (Wildman–Crippen MR) is 103 cm³/mol. The van der Waals surface area contributed by atoms with Crippen LogP contribution in [0.25, 0.3) is 11.4 Å². The summed E-state index contributed by atoms with van der Waals surface area (Å²) in [5, 5.41) is 4.53. The summed E-state index contributed by atoms with van der Waals surface area (Å²) in [5.74, 6) is 1.65. The highest BCUT2D eigenvalue weighted by atomic mass is 16.5. The fourth-order valence-electron chi connectivity index (χ4n) is 2.45. The minimum Gasteiger partial charge on any atom is -0.494 e. The highest BCUT2D eigenvalue weighted by Crippen LogP contribution is 2.21. The van der Waals surface area contributed by atoms with Gasteiger partial charge in [0.2, 0.25) is 0 Å². The number of hydrogen-bond acceptors (Lipinski definition) is 4. The zero-order valence-corrected chi connectivity index (χ0v) is 14.8. The Bertz CT molecular complexity index is 833. The lowest BCUT2D eigenvalue weighted by Gasteiger charge is -2.11. The number of benzene rings is 2. The van der Waals surface area contributed by atoms with E-state index < -0.39 is 0 Å². The van der Waals surface area contributed by atoms with E-state index in [-0.39, 0.29) is 0 Å². The summed E-state index contributed by atoms with van der Waals surface area (Å²) >= 11 is 0. The first-order valence-corrected chi connectivity index (χ1v) is 8.25. The third kappa shape index (κ3) is 4.07. The van der Waals surface area contributed by atoms with Crippen LogP contribution in [0.15, 0.2) is 66.0 Å². The quantitative estimate of drug-likeness (QED) is 0.642. The molecule has 1 heterocycles. The molecule has 0 fully saturated rings. The van der Waals surface area contributed by atoms with Crippen LogP contribution in [0.3, 0.4) is 0 Å². The van der Waals surface area contributed by atoms with Crippen molar-refractivity contribution in [3.63, 3.8) is 0 Å². The molecular formula is C20H22N4O. The third-order valence-corrected chi connectivity index (χ3v) is 3.79. The third-order valence-electron chi connectivity index (χ3n) is 3.79. The average molecular weight is 334 g/mol. The molecule has 0 saturated heterocycles. The van der Waals surface area contributed by atoms with Gasteiger partial charge in [-0.3, -0.25) is 0 Å². The Kier molecular flexibility index (Phi) is 5.14. The van der Waals surface area contributed by atoms with Crippen LogP contribution in [0.1, 0.15) is 12.5 Å². The van der Waals surface area contributed by atoms with Gasteiger partial charge in [-0.15, -0.1) is 0 Å². The van der Waals surface area contributed by atoms with Crippen molar-refractivity contribution in [2.24, 2.45) is 5.10 Å². The number of rotatable bonds is 6. The summed E-state index contributed by atoms with van der Waals surface area (Å²) < 4.78 is 7.25. The largest absolute Gasteiger partial charge is 0.494 e. The van der Waals surface area contributed by atoms with Crippen molar-refractivity contribution in [2.45, 2.75) is 6.92 Å². The van der Waals surface area contributed by atoms with E-state index in [4.69, 9.17) is 4.74 Å². The van der Waals surface area contributed by atoms with Crippen molar-refractivity contribution in [1.82, 2.24) is 9.66 Å². The molecule has 5 nitrogen and oxygen atoms in total. The van der Waals surface area contributed by atoms with Gasteiger partial charge < -0.3 is 9.64 Å². The van der Waals surface area contributed by atoms with Crippen LogP contribution in [-0.4, -0.2) is 36.6 Å². The molecule has 0 amide bonds. The molecule has 3 rings (SSSR count). The molecule has 0 saturated carbocycles. The smallest absolute Gasteiger partial charge is 0.160 e. The molecule has 2 aromatic carbocycles. The first-order valence-electron chi connectivity index (χ1n) is 8.25. The Balaban J connectivity index is 1.79. The van der Waals surface area contributed by atoms with Crippen molar-refractivity contribution >= 4 is 11.9 Å². The molecule has 0 aliphatic rings. The molecule has 0 bridgehead atoms. The van der Waals surface area contributed by atoms with Crippen molar-refractivity contribution in [1.29, 1.82) is 0 Å². The van der Waals surface area contributed by atoms with E-state index in [0.717, 1.165) is 28.4 Å². The highest BCUT2D eigenvalue weighted by molar-refractivity contribution is 5.80. The monoisotopic (exact) mass is 334 g/mol. The summed E-state index contributed by atoms with van der Waals surface area (Å²) in [4.78, 5) is 6.48. The van der Waals surface area contributed by atoms with E-state index in [2.05, 4.69) is 27.1 Å². The van der Waals surface area contributed by atoms with Gasteiger partial charge in [-0.2, -0.15) is 5.10 Å². The molecule has 0 N–H and O–H groups in total. The lowest BCUT2D eigenvalue weighted by molar-refractivity contribution is 0.340. The van der Waals surface area contributed by atoms with E-state index in [9.17, 15) is 0 Å². The Labute approximate surface area is 148 Å². The summed E-state index contributed by atoms with van der Waals surface area (Å²) in [6, 6.07) is 16.1. The van der Waals surface area contributed by atoms with Crippen molar-refractivity contribution in [2.75, 3.05) is 25.6 Å². The van der Waals surface area contributed by atoms with Crippen molar-refractivity contribution < 1.29 is 4.74 Å². The summed E-state index contributed by atoms with van der Waals surface area (Å²) in [7, 11) is 4.05. The fraction of sp³-hybridized carbons (Fsp3) is 0.200. The molecule has 1 aromatic heterocycles. The summed E-state index contributed by atoms with van der Waals surface area (Å²) in [6.45, 7) is 2.63. The van der Waals surface area contributed by atoms with Crippen molar-refractivity contribution in [3.8, 4) is 17.1 Å². The van der Waals surface area contributed by atoms with Gasteiger partial charge in [0.1, 0.15) is 5.75 Å². The number of imidazole rings is 1. The number of hydrogen-bond donors (Lipinski definition) is 0. The molecular weight excluding hydrogens is 312 g/mol. The summed E-state index contributed by atoms with van der Waals surface area (Å²) in [6.07, 6.45) is 5.42. The van der Waals surface area contributed by atoms with Gasteiger partial charge in [0, 0.05) is 37.7 Å². The highest BCUT2D eigenvalue weighted by Gasteiger charge is 2.05. The second kappa shape index (κ2) is 7.66. The molecule has 0 unspecified atom stereocenters. The zero-order valence-electron chi connectivity index (χ0n) is 14.8. The Hall–Kier alpha value is -3.08. The van der Waals surface area contributed by atoms with E-state index in [1.807, 2.05) is 69.8 Å². The maximum atomic E-state index is 5.48. The number of aromatic nitrogens is 2. The van der Waals surface area contributed by atoms with Gasteiger partial charge in [0.25, 0.3) is 0 Å². The Morgan fingerprint density at radius 1 is 1.08 bits per heavy atom. The molecule has 0 atom stereocenters.